The van der Waals surface area contributed by atoms with Crippen molar-refractivity contribution in [2.24, 2.45) is 21.5 Å². The van der Waals surface area contributed by atoms with Crippen LogP contribution in [-0.2, 0) is 0 Å². The molecule has 2 aliphatic heterocycles. The number of pyridine rings is 2. The van der Waals surface area contributed by atoms with E-state index in [2.05, 4.69) is 30.6 Å². The van der Waals surface area contributed by atoms with Crippen LogP contribution in [0.4, 0.5) is 11.4 Å². The standard InChI is InChI=1S/C38H40N8O3/c39-37(31-5-1-3-17-43-31)45-25-7-9-29(35(23-25)47-27-13-19-41-20-14-27)33-11-12-34(49-33)30-10-8-26(46-38(40)32-6-2-4-18-44-32)24-36(30)48-28-15-21-42-22-16-28/h1-12,17-18,23-24,27-28,41-42H,13-16,19-22H2,(H2,39,45)(H2,40,46). The van der Waals surface area contributed by atoms with Crippen LogP contribution in [-0.4, -0.2) is 60.0 Å². The van der Waals surface area contributed by atoms with Crippen LogP contribution in [0, 0.1) is 0 Å². The molecule has 0 radical (unpaired) electrons. The van der Waals surface area contributed by atoms with Gasteiger partial charge in [0, 0.05) is 24.5 Å². The Morgan fingerprint density at radius 3 is 1.47 bits per heavy atom. The second-order valence-electron chi connectivity index (χ2n) is 12.1. The number of rotatable bonds is 10. The van der Waals surface area contributed by atoms with Gasteiger partial charge in [-0.25, -0.2) is 9.98 Å². The van der Waals surface area contributed by atoms with Gasteiger partial charge in [0.25, 0.3) is 0 Å². The van der Waals surface area contributed by atoms with Gasteiger partial charge in [0.05, 0.1) is 22.5 Å². The molecule has 0 saturated carbocycles. The highest BCUT2D eigenvalue weighted by molar-refractivity contribution is 5.98. The SMILES string of the molecule is NC(=Nc1ccc(-c2ccc(-c3ccc(N=C(N)c4ccccn4)cc3OC3CCNCC3)o2)c(OC2CCNCC2)c1)c1ccccn1. The molecule has 0 amide bonds. The van der Waals surface area contributed by atoms with Gasteiger partial charge < -0.3 is 36.0 Å². The average Bonchev–Trinajstić information content (AvgIpc) is 3.63. The van der Waals surface area contributed by atoms with Crippen LogP contribution >= 0.6 is 0 Å². The number of hydrogen-bond donors (Lipinski definition) is 4. The second kappa shape index (κ2) is 15.1. The van der Waals surface area contributed by atoms with E-state index in [1.54, 1.807) is 12.4 Å². The molecule has 49 heavy (non-hydrogen) atoms. The summed E-state index contributed by atoms with van der Waals surface area (Å²) in [5.41, 5.74) is 16.8. The summed E-state index contributed by atoms with van der Waals surface area (Å²) in [5.74, 6) is 3.37. The smallest absolute Gasteiger partial charge is 0.150 e. The third-order valence-electron chi connectivity index (χ3n) is 8.58. The Kier molecular flexibility index (Phi) is 9.90. The van der Waals surface area contributed by atoms with Gasteiger partial charge in [-0.15, -0.1) is 0 Å². The van der Waals surface area contributed by atoms with E-state index in [4.69, 9.17) is 25.4 Å². The molecule has 7 rings (SSSR count). The number of benzene rings is 2. The maximum absolute atomic E-state index is 6.61. The Labute approximate surface area is 285 Å². The summed E-state index contributed by atoms with van der Waals surface area (Å²) in [4.78, 5) is 18.0. The van der Waals surface area contributed by atoms with Gasteiger partial charge >= 0.3 is 0 Å². The lowest BCUT2D eigenvalue weighted by Gasteiger charge is -2.25. The molecule has 2 aliphatic rings. The molecule has 11 nitrogen and oxygen atoms in total. The normalized spacial score (nSPS) is 16.4. The maximum Gasteiger partial charge on any atom is 0.150 e. The fraction of sp³-hybridized carbons (Fsp3) is 0.263. The minimum absolute atomic E-state index is 0.0680. The van der Waals surface area contributed by atoms with Crippen molar-refractivity contribution in [3.63, 3.8) is 0 Å². The highest BCUT2D eigenvalue weighted by atomic mass is 16.5. The number of furan rings is 1. The Hall–Kier alpha value is -5.52. The molecule has 0 aliphatic carbocycles. The summed E-state index contributed by atoms with van der Waals surface area (Å²) in [6.45, 7) is 3.62. The van der Waals surface area contributed by atoms with Gasteiger partial charge in [-0.05, 0) is 113 Å². The number of ether oxygens (including phenoxy) is 2. The monoisotopic (exact) mass is 656 g/mol. The summed E-state index contributed by atoms with van der Waals surface area (Å²) in [7, 11) is 0. The molecule has 11 heteroatoms. The number of piperidine rings is 2. The number of aromatic nitrogens is 2. The lowest BCUT2D eigenvalue weighted by molar-refractivity contribution is 0.163. The van der Waals surface area contributed by atoms with E-state index in [1.807, 2.05) is 84.9 Å². The fourth-order valence-electron chi connectivity index (χ4n) is 6.00. The van der Waals surface area contributed by atoms with Crippen LogP contribution in [0.25, 0.3) is 22.6 Å². The van der Waals surface area contributed by atoms with Crippen molar-refractivity contribution in [1.29, 1.82) is 0 Å². The van der Waals surface area contributed by atoms with Gasteiger partial charge in [-0.1, -0.05) is 12.1 Å². The van der Waals surface area contributed by atoms with Crippen molar-refractivity contribution in [2.75, 3.05) is 26.2 Å². The van der Waals surface area contributed by atoms with Crippen molar-refractivity contribution < 1.29 is 13.9 Å². The molecular weight excluding hydrogens is 616 g/mol. The van der Waals surface area contributed by atoms with Crippen molar-refractivity contribution in [2.45, 2.75) is 37.9 Å². The number of hydrogen-bond acceptors (Lipinski definition) is 9. The molecule has 5 aromatic rings. The van der Waals surface area contributed by atoms with Crippen molar-refractivity contribution in [3.8, 4) is 34.1 Å². The number of aliphatic imine (C=N–C) groups is 2. The van der Waals surface area contributed by atoms with Crippen LogP contribution in [0.15, 0.2) is 112 Å². The molecule has 2 saturated heterocycles. The van der Waals surface area contributed by atoms with E-state index in [0.29, 0.717) is 57.5 Å². The molecule has 2 fully saturated rings. The Morgan fingerprint density at radius 2 is 1.06 bits per heavy atom. The van der Waals surface area contributed by atoms with E-state index in [0.717, 1.165) is 63.0 Å². The average molecular weight is 657 g/mol. The molecule has 0 atom stereocenters. The van der Waals surface area contributed by atoms with Crippen molar-refractivity contribution >= 4 is 23.0 Å². The first-order valence-electron chi connectivity index (χ1n) is 16.7. The molecule has 0 unspecified atom stereocenters. The third-order valence-corrected chi connectivity index (χ3v) is 8.58. The molecule has 5 heterocycles. The van der Waals surface area contributed by atoms with E-state index in [1.165, 1.54) is 0 Å². The maximum atomic E-state index is 6.61. The topological polar surface area (TPSA) is 158 Å². The number of nitrogens with zero attached hydrogens (tertiary/aromatic N) is 4. The van der Waals surface area contributed by atoms with Crippen molar-refractivity contribution in [1.82, 2.24) is 20.6 Å². The Morgan fingerprint density at radius 1 is 0.612 bits per heavy atom. The van der Waals surface area contributed by atoms with E-state index in [-0.39, 0.29) is 12.2 Å². The Bertz CT molecular complexity index is 1780. The quantitative estimate of drug-likeness (QED) is 0.109. The lowest BCUT2D eigenvalue weighted by atomic mass is 10.1. The van der Waals surface area contributed by atoms with E-state index >= 15 is 0 Å². The molecule has 0 bridgehead atoms. The lowest BCUT2D eigenvalue weighted by Crippen LogP contribution is -2.34. The highest BCUT2D eigenvalue weighted by Crippen LogP contribution is 2.41. The molecule has 250 valence electrons. The molecule has 0 spiro atoms. The highest BCUT2D eigenvalue weighted by Gasteiger charge is 2.22. The summed E-state index contributed by atoms with van der Waals surface area (Å²) in [6, 6.07) is 26.6. The zero-order valence-corrected chi connectivity index (χ0v) is 27.2. The van der Waals surface area contributed by atoms with Crippen LogP contribution < -0.4 is 31.6 Å². The predicted octanol–water partition coefficient (Wildman–Crippen LogP) is 5.74. The van der Waals surface area contributed by atoms with Gasteiger partial charge in [-0.3, -0.25) is 9.97 Å². The number of nitrogens with two attached hydrogens (primary N) is 2. The van der Waals surface area contributed by atoms with Crippen LogP contribution in [0.3, 0.4) is 0 Å². The summed E-state index contributed by atoms with van der Waals surface area (Å²) < 4.78 is 19.8. The molecular formula is C38H40N8O3. The minimum atomic E-state index is 0.0680. The zero-order chi connectivity index (χ0) is 33.4. The minimum Gasteiger partial charge on any atom is -0.489 e. The summed E-state index contributed by atoms with van der Waals surface area (Å²) in [5, 5.41) is 6.81. The molecule has 6 N–H and O–H groups in total. The van der Waals surface area contributed by atoms with Gasteiger partial charge in [0.15, 0.2) is 0 Å². The first-order chi connectivity index (χ1) is 24.1. The second-order valence-corrected chi connectivity index (χ2v) is 12.1. The van der Waals surface area contributed by atoms with E-state index in [9.17, 15) is 0 Å². The largest absolute Gasteiger partial charge is 0.489 e. The number of amidine groups is 2. The van der Waals surface area contributed by atoms with E-state index < -0.39 is 0 Å². The predicted molar refractivity (Wildman–Crippen MR) is 192 cm³/mol. The summed E-state index contributed by atoms with van der Waals surface area (Å²) >= 11 is 0. The fourth-order valence-corrected chi connectivity index (χ4v) is 6.00. The Balaban J connectivity index is 1.22. The molecule has 2 aromatic carbocycles. The zero-order valence-electron chi connectivity index (χ0n) is 27.2. The third kappa shape index (κ3) is 7.97. The first-order valence-corrected chi connectivity index (χ1v) is 16.7. The van der Waals surface area contributed by atoms with Crippen LogP contribution in [0.1, 0.15) is 37.1 Å². The summed E-state index contributed by atoms with van der Waals surface area (Å²) in [6.07, 6.45) is 7.15. The van der Waals surface area contributed by atoms with Gasteiger partial charge in [0.2, 0.25) is 0 Å². The first kappa shape index (κ1) is 32.0. The number of nitrogens with one attached hydrogen (secondary N) is 2. The van der Waals surface area contributed by atoms with Gasteiger partial charge in [0.1, 0.15) is 58.3 Å². The molecule has 3 aromatic heterocycles. The van der Waals surface area contributed by atoms with Gasteiger partial charge in [-0.2, -0.15) is 0 Å². The van der Waals surface area contributed by atoms with Crippen LogP contribution in [0.5, 0.6) is 11.5 Å². The van der Waals surface area contributed by atoms with Crippen molar-refractivity contribution in [3.05, 3.63) is 109 Å². The van der Waals surface area contributed by atoms with Crippen LogP contribution in [0.2, 0.25) is 0 Å².